The van der Waals surface area contributed by atoms with E-state index in [1.54, 1.807) is 0 Å². The smallest absolute Gasteiger partial charge is 0.161 e. The second-order valence-corrected chi connectivity index (χ2v) is 6.40. The minimum absolute atomic E-state index is 0.210. The number of piperidine rings is 1. The Morgan fingerprint density at radius 1 is 1.13 bits per heavy atom. The summed E-state index contributed by atoms with van der Waals surface area (Å²) < 4.78 is 11.5. The maximum absolute atomic E-state index is 12.4. The maximum atomic E-state index is 12.4. The molecule has 1 aromatic rings. The first kappa shape index (κ1) is 16.3. The molecule has 2 heterocycles. The number of nitrogens with zero attached hydrogens (tertiary/aromatic N) is 1. The standard InChI is InChI=1S/C19H27NO3/c1-4-13-12-20-8-7-14-9-18(22-5-2)19(23-6-3)10-15(14)16(20)11-17(13)21/h9-10,13,16H,4-8,11-12H2,1-3H3. The lowest BCUT2D eigenvalue weighted by Crippen LogP contribution is -2.46. The lowest BCUT2D eigenvalue weighted by atomic mass is 9.82. The van der Waals surface area contributed by atoms with Crippen molar-refractivity contribution >= 4 is 5.78 Å². The van der Waals surface area contributed by atoms with Crippen molar-refractivity contribution in [1.82, 2.24) is 4.90 Å². The third-order valence-corrected chi connectivity index (χ3v) is 5.07. The average Bonchev–Trinajstić information content (AvgIpc) is 2.55. The second-order valence-electron chi connectivity index (χ2n) is 6.40. The minimum Gasteiger partial charge on any atom is -0.490 e. The van der Waals surface area contributed by atoms with Crippen molar-refractivity contribution in [3.8, 4) is 11.5 Å². The highest BCUT2D eigenvalue weighted by Gasteiger charge is 2.37. The van der Waals surface area contributed by atoms with Gasteiger partial charge >= 0.3 is 0 Å². The Morgan fingerprint density at radius 2 is 1.83 bits per heavy atom. The maximum Gasteiger partial charge on any atom is 0.161 e. The fraction of sp³-hybridized carbons (Fsp3) is 0.632. The van der Waals surface area contributed by atoms with Crippen molar-refractivity contribution in [2.24, 2.45) is 5.92 Å². The van der Waals surface area contributed by atoms with Gasteiger partial charge in [-0.25, -0.2) is 0 Å². The largest absolute Gasteiger partial charge is 0.490 e. The van der Waals surface area contributed by atoms with Gasteiger partial charge in [-0.2, -0.15) is 0 Å². The quantitative estimate of drug-likeness (QED) is 0.834. The van der Waals surface area contributed by atoms with E-state index in [2.05, 4.69) is 24.0 Å². The summed E-state index contributed by atoms with van der Waals surface area (Å²) in [6.45, 7) is 9.26. The number of hydrogen-bond donors (Lipinski definition) is 0. The molecule has 2 aliphatic rings. The molecule has 2 atom stereocenters. The van der Waals surface area contributed by atoms with Gasteiger partial charge in [-0.05, 0) is 49.9 Å². The topological polar surface area (TPSA) is 38.8 Å². The Hall–Kier alpha value is -1.55. The van der Waals surface area contributed by atoms with Crippen molar-refractivity contribution in [3.63, 3.8) is 0 Å². The van der Waals surface area contributed by atoms with Crippen LogP contribution >= 0.6 is 0 Å². The summed E-state index contributed by atoms with van der Waals surface area (Å²) in [6, 6.07) is 4.45. The predicted octanol–water partition coefficient (Wildman–Crippen LogP) is 3.38. The van der Waals surface area contributed by atoms with Crippen LogP contribution in [0.15, 0.2) is 12.1 Å². The van der Waals surface area contributed by atoms with Crippen LogP contribution in [-0.2, 0) is 11.2 Å². The van der Waals surface area contributed by atoms with Gasteiger partial charge in [0.15, 0.2) is 11.5 Å². The summed E-state index contributed by atoms with van der Waals surface area (Å²) >= 11 is 0. The molecule has 1 saturated heterocycles. The summed E-state index contributed by atoms with van der Waals surface area (Å²) in [5.41, 5.74) is 2.56. The molecule has 0 radical (unpaired) electrons. The van der Waals surface area contributed by atoms with Gasteiger partial charge < -0.3 is 9.47 Å². The Bertz CT molecular complexity index is 584. The zero-order valence-electron chi connectivity index (χ0n) is 14.4. The zero-order chi connectivity index (χ0) is 16.4. The highest BCUT2D eigenvalue weighted by molar-refractivity contribution is 5.83. The predicted molar refractivity (Wildman–Crippen MR) is 90.2 cm³/mol. The van der Waals surface area contributed by atoms with Gasteiger partial charge in [-0.1, -0.05) is 6.92 Å². The summed E-state index contributed by atoms with van der Waals surface area (Å²) in [5.74, 6) is 2.26. The van der Waals surface area contributed by atoms with Crippen LogP contribution < -0.4 is 9.47 Å². The van der Waals surface area contributed by atoms with Crippen LogP contribution in [0.3, 0.4) is 0 Å². The molecule has 2 unspecified atom stereocenters. The lowest BCUT2D eigenvalue weighted by molar-refractivity contribution is -0.128. The monoisotopic (exact) mass is 317 g/mol. The van der Waals surface area contributed by atoms with E-state index in [0.29, 0.717) is 25.4 Å². The van der Waals surface area contributed by atoms with Crippen molar-refractivity contribution in [3.05, 3.63) is 23.3 Å². The number of rotatable bonds is 5. The van der Waals surface area contributed by atoms with Gasteiger partial charge in [0.05, 0.1) is 13.2 Å². The molecule has 0 bridgehead atoms. The molecule has 4 heteroatoms. The molecule has 0 amide bonds. The number of carbonyl (C=O) groups is 1. The van der Waals surface area contributed by atoms with Crippen LogP contribution in [-0.4, -0.2) is 37.0 Å². The first-order chi connectivity index (χ1) is 11.2. The fourth-order valence-corrected chi connectivity index (χ4v) is 3.85. The number of ether oxygens (including phenoxy) is 2. The summed E-state index contributed by atoms with van der Waals surface area (Å²) in [7, 11) is 0. The Balaban J connectivity index is 1.94. The zero-order valence-corrected chi connectivity index (χ0v) is 14.4. The van der Waals surface area contributed by atoms with Crippen LogP contribution in [0.25, 0.3) is 0 Å². The van der Waals surface area contributed by atoms with Gasteiger partial charge in [0.25, 0.3) is 0 Å². The molecule has 0 aliphatic carbocycles. The van der Waals surface area contributed by atoms with Crippen LogP contribution in [0.1, 0.15) is 50.8 Å². The van der Waals surface area contributed by atoms with E-state index in [1.165, 1.54) is 11.1 Å². The van der Waals surface area contributed by atoms with E-state index in [-0.39, 0.29) is 12.0 Å². The Kier molecular flexibility index (Phi) is 4.90. The Morgan fingerprint density at radius 3 is 2.48 bits per heavy atom. The average molecular weight is 317 g/mol. The molecule has 126 valence electrons. The van der Waals surface area contributed by atoms with E-state index in [0.717, 1.165) is 37.4 Å². The number of ketones is 1. The molecule has 0 saturated carbocycles. The Labute approximate surface area is 138 Å². The van der Waals surface area contributed by atoms with E-state index >= 15 is 0 Å². The number of carbonyl (C=O) groups excluding carboxylic acids is 1. The first-order valence-electron chi connectivity index (χ1n) is 8.87. The number of benzene rings is 1. The van der Waals surface area contributed by atoms with E-state index in [9.17, 15) is 4.79 Å². The molecular weight excluding hydrogens is 290 g/mol. The highest BCUT2D eigenvalue weighted by Crippen LogP contribution is 2.42. The lowest BCUT2D eigenvalue weighted by Gasteiger charge is -2.43. The third-order valence-electron chi connectivity index (χ3n) is 5.07. The minimum atomic E-state index is 0.210. The van der Waals surface area contributed by atoms with Gasteiger partial charge in [0, 0.05) is 31.5 Å². The molecular formula is C19H27NO3. The molecule has 3 rings (SSSR count). The SMILES string of the molecule is CCOc1cc2c(cc1OCC)C1CC(=O)C(CC)CN1CC2. The molecule has 0 N–H and O–H groups in total. The molecule has 23 heavy (non-hydrogen) atoms. The molecule has 2 aliphatic heterocycles. The van der Waals surface area contributed by atoms with Crippen molar-refractivity contribution in [1.29, 1.82) is 0 Å². The van der Waals surface area contributed by atoms with Crippen LogP contribution in [0.4, 0.5) is 0 Å². The van der Waals surface area contributed by atoms with Crippen LogP contribution in [0.2, 0.25) is 0 Å². The molecule has 0 spiro atoms. The fourth-order valence-electron chi connectivity index (χ4n) is 3.85. The summed E-state index contributed by atoms with van der Waals surface area (Å²) in [6.07, 6.45) is 2.59. The van der Waals surface area contributed by atoms with E-state index in [1.807, 2.05) is 13.8 Å². The number of Topliss-reactive ketones (excluding diaryl/α,β-unsaturated/α-hetero) is 1. The molecule has 4 nitrogen and oxygen atoms in total. The molecule has 1 fully saturated rings. The van der Waals surface area contributed by atoms with Gasteiger partial charge in [-0.15, -0.1) is 0 Å². The highest BCUT2D eigenvalue weighted by atomic mass is 16.5. The van der Waals surface area contributed by atoms with Crippen LogP contribution in [0.5, 0.6) is 11.5 Å². The summed E-state index contributed by atoms with van der Waals surface area (Å²) in [5, 5.41) is 0. The first-order valence-corrected chi connectivity index (χ1v) is 8.87. The molecule has 1 aromatic carbocycles. The van der Waals surface area contributed by atoms with E-state index < -0.39 is 0 Å². The third kappa shape index (κ3) is 3.09. The normalized spacial score (nSPS) is 24.0. The van der Waals surface area contributed by atoms with Gasteiger partial charge in [0.1, 0.15) is 5.78 Å². The van der Waals surface area contributed by atoms with Crippen molar-refractivity contribution in [2.45, 2.75) is 46.1 Å². The van der Waals surface area contributed by atoms with Gasteiger partial charge in [-0.3, -0.25) is 9.69 Å². The summed E-state index contributed by atoms with van der Waals surface area (Å²) in [4.78, 5) is 14.9. The van der Waals surface area contributed by atoms with Crippen molar-refractivity contribution in [2.75, 3.05) is 26.3 Å². The van der Waals surface area contributed by atoms with Crippen molar-refractivity contribution < 1.29 is 14.3 Å². The number of fused-ring (bicyclic) bond motifs is 3. The van der Waals surface area contributed by atoms with E-state index in [4.69, 9.17) is 9.47 Å². The number of hydrogen-bond acceptors (Lipinski definition) is 4. The molecule has 0 aromatic heterocycles. The second kappa shape index (κ2) is 6.91. The van der Waals surface area contributed by atoms with Crippen LogP contribution in [0, 0.1) is 5.92 Å². The van der Waals surface area contributed by atoms with Gasteiger partial charge in [0.2, 0.25) is 0 Å².